The van der Waals surface area contributed by atoms with E-state index >= 15 is 4.39 Å². The predicted molar refractivity (Wildman–Crippen MR) is 149 cm³/mol. The van der Waals surface area contributed by atoms with Gasteiger partial charge in [-0.1, -0.05) is 0 Å². The van der Waals surface area contributed by atoms with Crippen molar-refractivity contribution in [2.24, 2.45) is 0 Å². The number of fused-ring (bicyclic) bond motifs is 1. The van der Waals surface area contributed by atoms with Crippen LogP contribution in [0.5, 0.6) is 0 Å². The summed E-state index contributed by atoms with van der Waals surface area (Å²) in [5, 5.41) is 32.8. The van der Waals surface area contributed by atoms with Gasteiger partial charge in [-0.25, -0.2) is 18.4 Å². The molecule has 1 atom stereocenters. The number of anilines is 3. The average molecular weight is 585 g/mol. The third-order valence-corrected chi connectivity index (χ3v) is 8.26. The molecule has 3 aliphatic rings. The van der Waals surface area contributed by atoms with Crippen LogP contribution >= 0.6 is 0 Å². The molecule has 3 aromatic rings. The lowest BCUT2D eigenvalue weighted by Gasteiger charge is -2.39. The number of amides is 1. The van der Waals surface area contributed by atoms with E-state index in [-0.39, 0.29) is 61.0 Å². The highest BCUT2D eigenvalue weighted by atomic mass is 19.1. The first kappa shape index (κ1) is 27.9. The monoisotopic (exact) mass is 584 g/mol. The molecule has 42 heavy (non-hydrogen) atoms. The fourth-order valence-electron chi connectivity index (χ4n) is 5.65. The summed E-state index contributed by atoms with van der Waals surface area (Å²) in [6.07, 6.45) is 2.19. The Morgan fingerprint density at radius 2 is 1.83 bits per heavy atom. The number of pyridine rings is 1. The van der Waals surface area contributed by atoms with Gasteiger partial charge in [-0.3, -0.25) is 9.69 Å². The van der Waals surface area contributed by atoms with Crippen molar-refractivity contribution in [2.45, 2.75) is 43.4 Å². The fourth-order valence-corrected chi connectivity index (χ4v) is 5.65. The highest BCUT2D eigenvalue weighted by molar-refractivity contribution is 5.93. The first-order chi connectivity index (χ1) is 20.1. The molecule has 4 N–H and O–H groups in total. The Kier molecular flexibility index (Phi) is 7.01. The van der Waals surface area contributed by atoms with Crippen LogP contribution in [-0.4, -0.2) is 76.4 Å². The van der Waals surface area contributed by atoms with E-state index < -0.39 is 46.4 Å². The van der Waals surface area contributed by atoms with Crippen LogP contribution in [0.25, 0.3) is 10.9 Å². The maximum atomic E-state index is 15.3. The van der Waals surface area contributed by atoms with Crippen LogP contribution in [0, 0.1) is 11.6 Å². The Hall–Kier alpha value is -4.23. The third-order valence-electron chi connectivity index (χ3n) is 8.26. The summed E-state index contributed by atoms with van der Waals surface area (Å²) < 4.78 is 36.9. The molecule has 6 rings (SSSR count). The van der Waals surface area contributed by atoms with E-state index in [4.69, 9.17) is 4.74 Å². The molecular formula is C29H30F2N4O7. The maximum absolute atomic E-state index is 15.3. The standard InChI is InChI=1S/C29H30F2N4O7/c30-21-9-17(35-12-18(14-36)42-28(35)40)3-4-23(21)32-15-29(41)5-7-33(8-6-29)25-11-24-19(10-22(25)31)26(37)20(27(38)39)13-34(24)16-1-2-16/h3-4,9-11,13,16,18,32,36,41H,1-2,5-8,12,14-15H2,(H,38,39)/t18-/m1/s1. The lowest BCUT2D eigenvalue weighted by atomic mass is 9.90. The molecule has 1 saturated carbocycles. The highest BCUT2D eigenvalue weighted by Gasteiger charge is 2.35. The Morgan fingerprint density at radius 3 is 2.45 bits per heavy atom. The smallest absolute Gasteiger partial charge is 0.414 e. The fraction of sp³-hybridized carbons (Fsp3) is 0.414. The van der Waals surface area contributed by atoms with Crippen LogP contribution in [-0.2, 0) is 4.74 Å². The van der Waals surface area contributed by atoms with E-state index in [1.807, 2.05) is 0 Å². The molecule has 3 heterocycles. The summed E-state index contributed by atoms with van der Waals surface area (Å²) in [6, 6.07) is 6.91. The van der Waals surface area contributed by atoms with E-state index in [9.17, 15) is 34.1 Å². The van der Waals surface area contributed by atoms with Crippen molar-refractivity contribution >= 4 is 40.0 Å². The molecule has 2 saturated heterocycles. The normalized spacial score (nSPS) is 20.2. The number of carboxylic acids is 1. The van der Waals surface area contributed by atoms with Crippen molar-refractivity contribution in [1.82, 2.24) is 4.57 Å². The Labute approximate surface area is 238 Å². The van der Waals surface area contributed by atoms with Gasteiger partial charge in [0.25, 0.3) is 0 Å². The van der Waals surface area contributed by atoms with E-state index in [1.54, 1.807) is 21.6 Å². The van der Waals surface area contributed by atoms with Crippen LogP contribution < -0.4 is 20.5 Å². The van der Waals surface area contributed by atoms with Gasteiger partial charge in [0.1, 0.15) is 23.3 Å². The van der Waals surface area contributed by atoms with E-state index in [0.717, 1.165) is 18.9 Å². The van der Waals surface area contributed by atoms with Crippen LogP contribution in [0.2, 0.25) is 0 Å². The molecule has 3 fully saturated rings. The SMILES string of the molecule is O=C(O)c1cn(C2CC2)c2cc(N3CCC(O)(CNc4ccc(N5C[C@H](CO)OC5=O)cc4F)CC3)c(F)cc2c1=O. The second kappa shape index (κ2) is 10.6. The summed E-state index contributed by atoms with van der Waals surface area (Å²) in [5.41, 5.74) is -1.16. The number of aliphatic hydroxyl groups is 2. The van der Waals surface area contributed by atoms with Crippen LogP contribution in [0.1, 0.15) is 42.1 Å². The number of nitrogens with zero attached hydrogens (tertiary/aromatic N) is 3. The molecule has 222 valence electrons. The molecule has 11 nitrogen and oxygen atoms in total. The molecule has 2 aromatic carbocycles. The lowest BCUT2D eigenvalue weighted by Crippen LogP contribution is -2.48. The van der Waals surface area contributed by atoms with Crippen molar-refractivity contribution in [3.05, 3.63) is 63.9 Å². The van der Waals surface area contributed by atoms with Crippen LogP contribution in [0.15, 0.2) is 41.3 Å². The molecule has 1 amide bonds. The number of nitrogens with one attached hydrogen (secondary N) is 1. The molecule has 1 aromatic heterocycles. The van der Waals surface area contributed by atoms with Crippen molar-refractivity contribution in [3.8, 4) is 0 Å². The Bertz CT molecular complexity index is 1630. The van der Waals surface area contributed by atoms with Gasteiger partial charge >= 0.3 is 12.1 Å². The first-order valence-corrected chi connectivity index (χ1v) is 13.8. The topological polar surface area (TPSA) is 145 Å². The van der Waals surface area contributed by atoms with Gasteiger partial charge in [-0.15, -0.1) is 0 Å². The number of rotatable bonds is 8. The molecule has 0 unspecified atom stereocenters. The summed E-state index contributed by atoms with van der Waals surface area (Å²) >= 11 is 0. The summed E-state index contributed by atoms with van der Waals surface area (Å²) in [6.45, 7) is 0.410. The molecule has 0 spiro atoms. The number of aliphatic hydroxyl groups excluding tert-OH is 1. The zero-order valence-electron chi connectivity index (χ0n) is 22.6. The van der Waals surface area contributed by atoms with Gasteiger partial charge in [0.15, 0.2) is 0 Å². The minimum absolute atomic E-state index is 0.0173. The first-order valence-electron chi connectivity index (χ1n) is 13.8. The number of aromatic carboxylic acids is 1. The van der Waals surface area contributed by atoms with E-state index in [2.05, 4.69) is 5.32 Å². The van der Waals surface area contributed by atoms with E-state index in [0.29, 0.717) is 18.6 Å². The van der Waals surface area contributed by atoms with Crippen LogP contribution in [0.3, 0.4) is 0 Å². The number of hydrogen-bond donors (Lipinski definition) is 4. The number of benzene rings is 2. The van der Waals surface area contributed by atoms with Gasteiger partial charge < -0.3 is 34.8 Å². The molecule has 13 heteroatoms. The summed E-state index contributed by atoms with van der Waals surface area (Å²) in [5.74, 6) is -2.63. The van der Waals surface area contributed by atoms with Gasteiger partial charge in [0, 0.05) is 37.3 Å². The summed E-state index contributed by atoms with van der Waals surface area (Å²) in [4.78, 5) is 39.4. The second-order valence-electron chi connectivity index (χ2n) is 11.2. The van der Waals surface area contributed by atoms with Crippen molar-refractivity contribution in [2.75, 3.05) is 47.9 Å². The number of carbonyl (C=O) groups is 2. The average Bonchev–Trinajstić information content (AvgIpc) is 3.74. The zero-order valence-corrected chi connectivity index (χ0v) is 22.6. The molecular weight excluding hydrogens is 554 g/mol. The third kappa shape index (κ3) is 5.13. The van der Waals surface area contributed by atoms with E-state index in [1.165, 1.54) is 23.2 Å². The van der Waals surface area contributed by atoms with Crippen molar-refractivity contribution in [1.29, 1.82) is 0 Å². The second-order valence-corrected chi connectivity index (χ2v) is 11.2. The minimum Gasteiger partial charge on any atom is -0.477 e. The number of hydrogen-bond acceptors (Lipinski definition) is 8. The Morgan fingerprint density at radius 1 is 1.10 bits per heavy atom. The largest absolute Gasteiger partial charge is 0.477 e. The predicted octanol–water partition coefficient (Wildman–Crippen LogP) is 3.07. The lowest BCUT2D eigenvalue weighted by molar-refractivity contribution is 0.0289. The van der Waals surface area contributed by atoms with Gasteiger partial charge in [-0.2, -0.15) is 0 Å². The van der Waals surface area contributed by atoms with Gasteiger partial charge in [0.05, 0.1) is 41.3 Å². The minimum atomic E-state index is -1.35. The molecule has 2 aliphatic heterocycles. The maximum Gasteiger partial charge on any atom is 0.414 e. The number of carboxylic acid groups (broad SMARTS) is 1. The van der Waals surface area contributed by atoms with Crippen molar-refractivity contribution in [3.63, 3.8) is 0 Å². The number of ether oxygens (including phenoxy) is 1. The number of piperidine rings is 1. The van der Waals surface area contributed by atoms with Gasteiger partial charge in [-0.05, 0) is 56.0 Å². The number of aromatic nitrogens is 1. The quantitative estimate of drug-likeness (QED) is 0.314. The number of halogens is 2. The highest BCUT2D eigenvalue weighted by Crippen LogP contribution is 2.39. The molecule has 1 aliphatic carbocycles. The molecule has 0 bridgehead atoms. The zero-order chi connectivity index (χ0) is 29.8. The van der Waals surface area contributed by atoms with Crippen molar-refractivity contribution < 1.29 is 38.4 Å². The van der Waals surface area contributed by atoms with Crippen LogP contribution in [0.4, 0.5) is 30.6 Å². The Balaban J connectivity index is 1.14. The number of carbonyl (C=O) groups excluding carboxylic acids is 1. The summed E-state index contributed by atoms with van der Waals surface area (Å²) in [7, 11) is 0. The number of cyclic esters (lactones) is 1. The van der Waals surface area contributed by atoms with Gasteiger partial charge in [0.2, 0.25) is 5.43 Å². The molecule has 0 radical (unpaired) electrons.